The largest absolute Gasteiger partial charge is 0.342 e. The number of nitrogens with zero attached hydrogens (tertiary/aromatic N) is 3. The predicted octanol–water partition coefficient (Wildman–Crippen LogP) is 7.40. The fourth-order valence-corrected chi connectivity index (χ4v) is 4.76. The molecule has 0 bridgehead atoms. The van der Waals surface area contributed by atoms with Gasteiger partial charge in [0.15, 0.2) is 0 Å². The summed E-state index contributed by atoms with van der Waals surface area (Å²) in [7, 11) is 0. The highest BCUT2D eigenvalue weighted by molar-refractivity contribution is 5.98. The maximum Gasteiger partial charge on any atom is 0.149 e. The molecule has 0 saturated carbocycles. The van der Waals surface area contributed by atoms with E-state index in [0.29, 0.717) is 11.4 Å². The molecule has 6 aromatic rings. The Morgan fingerprint density at radius 2 is 1.71 bits per heavy atom. The third-order valence-electron chi connectivity index (χ3n) is 6.76. The summed E-state index contributed by atoms with van der Waals surface area (Å²) in [5, 5.41) is 13.6. The van der Waals surface area contributed by atoms with Crippen LogP contribution in [-0.4, -0.2) is 14.5 Å². The Bertz CT molecular complexity index is 1770. The lowest BCUT2D eigenvalue weighted by molar-refractivity contribution is 0.837. The molecule has 0 unspecified atom stereocenters. The average molecular weight is 453 g/mol. The fourth-order valence-electron chi connectivity index (χ4n) is 4.76. The number of aromatic amines is 1. The lowest BCUT2D eigenvalue weighted by atomic mass is 10.1. The van der Waals surface area contributed by atoms with E-state index in [0.717, 1.165) is 34.0 Å². The second kappa shape index (κ2) is 8.30. The summed E-state index contributed by atoms with van der Waals surface area (Å²) in [5.41, 5.74) is 8.12. The van der Waals surface area contributed by atoms with Crippen molar-refractivity contribution in [3.8, 4) is 6.07 Å². The van der Waals surface area contributed by atoms with Crippen LogP contribution in [-0.2, 0) is 6.54 Å². The first-order chi connectivity index (χ1) is 17.1. The van der Waals surface area contributed by atoms with Crippen molar-refractivity contribution < 1.29 is 0 Å². The van der Waals surface area contributed by atoms with Crippen LogP contribution in [0.3, 0.4) is 0 Å². The van der Waals surface area contributed by atoms with Crippen LogP contribution in [0.1, 0.15) is 28.1 Å². The first-order valence-corrected chi connectivity index (χ1v) is 11.7. The molecule has 0 aliphatic rings. The van der Waals surface area contributed by atoms with Crippen molar-refractivity contribution in [2.24, 2.45) is 0 Å². The quantitative estimate of drug-likeness (QED) is 0.283. The third-order valence-corrected chi connectivity index (χ3v) is 6.76. The van der Waals surface area contributed by atoms with E-state index in [-0.39, 0.29) is 0 Å². The van der Waals surface area contributed by atoms with Gasteiger partial charge in [0.05, 0.1) is 16.6 Å². The second-order valence-corrected chi connectivity index (χ2v) is 9.12. The molecule has 0 aliphatic carbocycles. The minimum atomic E-state index is 0.519. The van der Waals surface area contributed by atoms with E-state index >= 15 is 0 Å². The molecule has 1 N–H and O–H groups in total. The van der Waals surface area contributed by atoms with Crippen LogP contribution in [0.15, 0.2) is 85.1 Å². The number of imidazole rings is 1. The smallest absolute Gasteiger partial charge is 0.149 e. The highest BCUT2D eigenvalue weighted by Gasteiger charge is 2.13. The molecule has 6 rings (SSSR count). The standard InChI is InChI=1S/C31H24N4/c1-20-13-28-29(14-21(20)2)34-31(33-28)25(17-32)16-26-19-35(30-10-6-5-9-27(26)30)18-22-11-12-23-7-3-4-8-24(23)15-22/h3-16,19H,18H2,1-2H3,(H,33,34)/b25-16-. The number of aryl methyl sites for hydroxylation is 2. The van der Waals surface area contributed by atoms with Gasteiger partial charge in [-0.3, -0.25) is 0 Å². The van der Waals surface area contributed by atoms with Crippen molar-refractivity contribution in [2.75, 3.05) is 0 Å². The zero-order valence-corrected chi connectivity index (χ0v) is 19.7. The van der Waals surface area contributed by atoms with Gasteiger partial charge in [-0.05, 0) is 71.7 Å². The van der Waals surface area contributed by atoms with Crippen LogP contribution in [0.4, 0.5) is 0 Å². The summed E-state index contributed by atoms with van der Waals surface area (Å²) in [6, 6.07) is 29.9. The summed E-state index contributed by atoms with van der Waals surface area (Å²) in [6.45, 7) is 4.92. The number of allylic oxidation sites excluding steroid dienone is 1. The number of para-hydroxylation sites is 1. The van der Waals surface area contributed by atoms with Gasteiger partial charge in [-0.25, -0.2) is 4.98 Å². The Morgan fingerprint density at radius 3 is 2.57 bits per heavy atom. The molecule has 0 atom stereocenters. The number of rotatable bonds is 4. The molecule has 0 saturated heterocycles. The molecule has 4 nitrogen and oxygen atoms in total. The maximum atomic E-state index is 10.0. The first-order valence-electron chi connectivity index (χ1n) is 11.7. The van der Waals surface area contributed by atoms with Crippen LogP contribution in [0, 0.1) is 25.2 Å². The van der Waals surface area contributed by atoms with E-state index in [1.807, 2.05) is 12.1 Å². The van der Waals surface area contributed by atoms with Gasteiger partial charge in [-0.1, -0.05) is 54.6 Å². The van der Waals surface area contributed by atoms with Gasteiger partial charge in [-0.15, -0.1) is 0 Å². The molecule has 0 spiro atoms. The van der Waals surface area contributed by atoms with Gasteiger partial charge >= 0.3 is 0 Å². The van der Waals surface area contributed by atoms with Gasteiger partial charge in [-0.2, -0.15) is 5.26 Å². The van der Waals surface area contributed by atoms with Crippen LogP contribution < -0.4 is 0 Å². The van der Waals surface area contributed by atoms with E-state index in [1.165, 1.54) is 27.5 Å². The zero-order chi connectivity index (χ0) is 23.9. The minimum absolute atomic E-state index is 0.519. The molecule has 0 fully saturated rings. The van der Waals surface area contributed by atoms with Crippen LogP contribution in [0.5, 0.6) is 0 Å². The van der Waals surface area contributed by atoms with Crippen LogP contribution in [0.2, 0.25) is 0 Å². The molecule has 35 heavy (non-hydrogen) atoms. The average Bonchev–Trinajstić information content (AvgIpc) is 3.43. The van der Waals surface area contributed by atoms with Gasteiger partial charge in [0.1, 0.15) is 11.9 Å². The molecule has 4 aromatic carbocycles. The van der Waals surface area contributed by atoms with Gasteiger partial charge in [0.25, 0.3) is 0 Å². The van der Waals surface area contributed by atoms with E-state index in [9.17, 15) is 5.26 Å². The Hall–Kier alpha value is -4.62. The number of benzene rings is 4. The normalized spacial score (nSPS) is 12.0. The van der Waals surface area contributed by atoms with Gasteiger partial charge < -0.3 is 9.55 Å². The SMILES string of the molecule is Cc1cc2nc(/C(C#N)=C\c3cn(Cc4ccc5ccccc5c4)c4ccccc34)[nH]c2cc1C. The van der Waals surface area contributed by atoms with Crippen molar-refractivity contribution >= 4 is 44.4 Å². The first kappa shape index (κ1) is 20.9. The molecule has 0 aliphatic heterocycles. The molecule has 0 amide bonds. The predicted molar refractivity (Wildman–Crippen MR) is 144 cm³/mol. The number of nitrogens with one attached hydrogen (secondary N) is 1. The monoisotopic (exact) mass is 452 g/mol. The second-order valence-electron chi connectivity index (χ2n) is 9.12. The summed E-state index contributed by atoms with van der Waals surface area (Å²) in [6.07, 6.45) is 4.07. The lowest BCUT2D eigenvalue weighted by Gasteiger charge is -2.07. The van der Waals surface area contributed by atoms with Crippen molar-refractivity contribution in [2.45, 2.75) is 20.4 Å². The molecule has 0 radical (unpaired) electrons. The summed E-state index contributed by atoms with van der Waals surface area (Å²) in [5.74, 6) is 0.596. The minimum Gasteiger partial charge on any atom is -0.342 e. The number of fused-ring (bicyclic) bond motifs is 3. The molecule has 2 heterocycles. The number of hydrogen-bond acceptors (Lipinski definition) is 2. The third kappa shape index (κ3) is 3.78. The highest BCUT2D eigenvalue weighted by atomic mass is 15.0. The molecule has 4 heteroatoms. The van der Waals surface area contributed by atoms with Crippen molar-refractivity contribution in [1.29, 1.82) is 5.26 Å². The summed E-state index contributed by atoms with van der Waals surface area (Å²) >= 11 is 0. The summed E-state index contributed by atoms with van der Waals surface area (Å²) < 4.78 is 2.26. The zero-order valence-electron chi connectivity index (χ0n) is 19.7. The molecular weight excluding hydrogens is 428 g/mol. The Balaban J connectivity index is 1.42. The number of H-pyrrole nitrogens is 1. The topological polar surface area (TPSA) is 57.4 Å². The number of hydrogen-bond donors (Lipinski definition) is 1. The maximum absolute atomic E-state index is 10.0. The number of nitriles is 1. The van der Waals surface area contributed by atoms with E-state index in [1.54, 1.807) is 0 Å². The highest BCUT2D eigenvalue weighted by Crippen LogP contribution is 2.28. The Morgan fingerprint density at radius 1 is 0.943 bits per heavy atom. The van der Waals surface area contributed by atoms with Crippen molar-refractivity contribution in [3.05, 3.63) is 113 Å². The van der Waals surface area contributed by atoms with Gasteiger partial charge in [0, 0.05) is 29.2 Å². The van der Waals surface area contributed by atoms with Crippen molar-refractivity contribution in [1.82, 2.24) is 14.5 Å². The fraction of sp³-hybridized carbons (Fsp3) is 0.0968. The van der Waals surface area contributed by atoms with E-state index in [4.69, 9.17) is 4.98 Å². The van der Waals surface area contributed by atoms with Crippen LogP contribution in [0.25, 0.3) is 44.4 Å². The molecule has 2 aromatic heterocycles. The molecular formula is C31H24N4. The lowest BCUT2D eigenvalue weighted by Crippen LogP contribution is -1.97. The molecule has 168 valence electrons. The Kier molecular flexibility index (Phi) is 4.97. The van der Waals surface area contributed by atoms with Gasteiger partial charge in [0.2, 0.25) is 0 Å². The van der Waals surface area contributed by atoms with Crippen molar-refractivity contribution in [3.63, 3.8) is 0 Å². The van der Waals surface area contributed by atoms with E-state index in [2.05, 4.69) is 108 Å². The van der Waals surface area contributed by atoms with E-state index < -0.39 is 0 Å². The summed E-state index contributed by atoms with van der Waals surface area (Å²) in [4.78, 5) is 8.05. The van der Waals surface area contributed by atoms with Crippen LogP contribution >= 0.6 is 0 Å². The Labute approximate surface area is 203 Å². The number of aromatic nitrogens is 3.